The lowest BCUT2D eigenvalue weighted by atomic mass is 10.2. The van der Waals surface area contributed by atoms with Crippen LogP contribution >= 0.6 is 15.9 Å². The van der Waals surface area contributed by atoms with Gasteiger partial charge in [-0.3, -0.25) is 9.69 Å². The highest BCUT2D eigenvalue weighted by molar-refractivity contribution is 9.10. The summed E-state index contributed by atoms with van der Waals surface area (Å²) in [5.74, 6) is -0.126. The highest BCUT2D eigenvalue weighted by Crippen LogP contribution is 2.23. The van der Waals surface area contributed by atoms with Gasteiger partial charge in [-0.1, -0.05) is 12.1 Å². The minimum absolute atomic E-state index is 0.0555. The van der Waals surface area contributed by atoms with Gasteiger partial charge in [0.1, 0.15) is 0 Å². The van der Waals surface area contributed by atoms with Crippen molar-refractivity contribution in [2.45, 2.75) is 6.92 Å². The molecule has 0 atom stereocenters. The summed E-state index contributed by atoms with van der Waals surface area (Å²) in [6, 6.07) is 7.58. The number of amides is 1. The van der Waals surface area contributed by atoms with Gasteiger partial charge in [0.2, 0.25) is 0 Å². The SMILES string of the molecule is CCOC(=O)N1CC(=O)C=C(Nc2ccccc2Br)C1. The van der Waals surface area contributed by atoms with Crippen molar-refractivity contribution < 1.29 is 14.3 Å². The summed E-state index contributed by atoms with van der Waals surface area (Å²) in [6.45, 7) is 2.41. The Bertz CT molecular complexity index is 557. The van der Waals surface area contributed by atoms with Crippen LogP contribution in [0.1, 0.15) is 6.92 Å². The molecule has 0 aliphatic carbocycles. The maximum Gasteiger partial charge on any atom is 0.410 e. The van der Waals surface area contributed by atoms with E-state index in [2.05, 4.69) is 21.2 Å². The third-order valence-corrected chi connectivity index (χ3v) is 3.43. The summed E-state index contributed by atoms with van der Waals surface area (Å²) in [5.41, 5.74) is 1.51. The van der Waals surface area contributed by atoms with Gasteiger partial charge in [-0.05, 0) is 35.0 Å². The molecule has 0 spiro atoms. The first-order chi connectivity index (χ1) is 9.60. The van der Waals surface area contributed by atoms with E-state index in [9.17, 15) is 9.59 Å². The number of halogens is 1. The van der Waals surface area contributed by atoms with Crippen molar-refractivity contribution in [3.8, 4) is 0 Å². The topological polar surface area (TPSA) is 58.6 Å². The first kappa shape index (κ1) is 14.6. The average molecular weight is 339 g/mol. The molecule has 1 aliphatic heterocycles. The molecule has 0 fully saturated rings. The van der Waals surface area contributed by atoms with Gasteiger partial charge in [0.05, 0.1) is 25.4 Å². The Morgan fingerprint density at radius 1 is 1.40 bits per heavy atom. The van der Waals surface area contributed by atoms with Crippen LogP contribution in [-0.2, 0) is 9.53 Å². The van der Waals surface area contributed by atoms with Crippen LogP contribution in [-0.4, -0.2) is 36.5 Å². The first-order valence-corrected chi connectivity index (χ1v) is 7.06. The second-order valence-electron chi connectivity index (χ2n) is 4.30. The molecule has 5 nitrogen and oxygen atoms in total. The summed E-state index contributed by atoms with van der Waals surface area (Å²) < 4.78 is 5.81. The molecular weight excluding hydrogens is 324 g/mol. The quantitative estimate of drug-likeness (QED) is 0.920. The molecular formula is C14H15BrN2O3. The highest BCUT2D eigenvalue weighted by atomic mass is 79.9. The number of carbonyl (C=O) groups excluding carboxylic acids is 2. The van der Waals surface area contributed by atoms with E-state index in [0.29, 0.717) is 18.8 Å². The van der Waals surface area contributed by atoms with Crippen molar-refractivity contribution in [1.82, 2.24) is 4.90 Å². The minimum Gasteiger partial charge on any atom is -0.450 e. The summed E-state index contributed by atoms with van der Waals surface area (Å²) in [4.78, 5) is 24.8. The van der Waals surface area contributed by atoms with Gasteiger partial charge in [0, 0.05) is 16.2 Å². The molecule has 0 aromatic heterocycles. The molecule has 0 radical (unpaired) electrons. The Labute approximate surface area is 125 Å². The zero-order valence-electron chi connectivity index (χ0n) is 11.1. The van der Waals surface area contributed by atoms with E-state index in [1.165, 1.54) is 11.0 Å². The van der Waals surface area contributed by atoms with Crippen LogP contribution in [0.3, 0.4) is 0 Å². The van der Waals surface area contributed by atoms with Crippen molar-refractivity contribution in [1.29, 1.82) is 0 Å². The number of benzene rings is 1. The Balaban J connectivity index is 2.10. The van der Waals surface area contributed by atoms with Gasteiger partial charge in [0.15, 0.2) is 5.78 Å². The highest BCUT2D eigenvalue weighted by Gasteiger charge is 2.23. The normalized spacial score (nSPS) is 14.8. The van der Waals surface area contributed by atoms with E-state index in [4.69, 9.17) is 4.74 Å². The Kier molecular flexibility index (Phi) is 4.79. The molecule has 1 amide bonds. The number of nitrogens with zero attached hydrogens (tertiary/aromatic N) is 1. The Hall–Kier alpha value is -1.82. The van der Waals surface area contributed by atoms with Gasteiger partial charge in [-0.25, -0.2) is 4.79 Å². The molecule has 1 heterocycles. The zero-order chi connectivity index (χ0) is 14.5. The van der Waals surface area contributed by atoms with E-state index in [1.807, 2.05) is 24.3 Å². The van der Waals surface area contributed by atoms with Crippen LogP contribution < -0.4 is 5.32 Å². The number of hydrogen-bond donors (Lipinski definition) is 1. The lowest BCUT2D eigenvalue weighted by Gasteiger charge is -2.26. The van der Waals surface area contributed by atoms with Crippen molar-refractivity contribution >= 4 is 33.5 Å². The molecule has 20 heavy (non-hydrogen) atoms. The van der Waals surface area contributed by atoms with Gasteiger partial charge in [-0.15, -0.1) is 0 Å². The molecule has 0 unspecified atom stereocenters. The Morgan fingerprint density at radius 2 is 2.15 bits per heavy atom. The van der Waals surface area contributed by atoms with Crippen molar-refractivity contribution in [2.75, 3.05) is 25.0 Å². The number of anilines is 1. The van der Waals surface area contributed by atoms with Crippen molar-refractivity contribution in [2.24, 2.45) is 0 Å². The lowest BCUT2D eigenvalue weighted by Crippen LogP contribution is -2.41. The van der Waals surface area contributed by atoms with Gasteiger partial charge < -0.3 is 10.1 Å². The monoisotopic (exact) mass is 338 g/mol. The van der Waals surface area contributed by atoms with E-state index < -0.39 is 6.09 Å². The standard InChI is InChI=1S/C14H15BrN2O3/c1-2-20-14(19)17-8-10(7-11(18)9-17)16-13-6-4-3-5-12(13)15/h3-7,16H,2,8-9H2,1H3. The second-order valence-corrected chi connectivity index (χ2v) is 5.15. The van der Waals surface area contributed by atoms with Gasteiger partial charge in [-0.2, -0.15) is 0 Å². The van der Waals surface area contributed by atoms with Crippen LogP contribution in [0.15, 0.2) is 40.5 Å². The third kappa shape index (κ3) is 3.60. The number of carbonyl (C=O) groups is 2. The largest absolute Gasteiger partial charge is 0.450 e. The Morgan fingerprint density at radius 3 is 2.85 bits per heavy atom. The number of hydrogen-bond acceptors (Lipinski definition) is 4. The van der Waals surface area contributed by atoms with Crippen LogP contribution in [0.2, 0.25) is 0 Å². The van der Waals surface area contributed by atoms with Gasteiger partial charge >= 0.3 is 6.09 Å². The van der Waals surface area contributed by atoms with Crippen molar-refractivity contribution in [3.63, 3.8) is 0 Å². The predicted molar refractivity (Wildman–Crippen MR) is 79.4 cm³/mol. The van der Waals surface area contributed by atoms with Crippen LogP contribution in [0, 0.1) is 0 Å². The summed E-state index contributed by atoms with van der Waals surface area (Å²) in [7, 11) is 0. The van der Waals surface area contributed by atoms with Gasteiger partial charge in [0.25, 0.3) is 0 Å². The molecule has 1 N–H and O–H groups in total. The number of ketones is 1. The second kappa shape index (κ2) is 6.56. The average Bonchev–Trinajstić information content (AvgIpc) is 2.41. The molecule has 1 aromatic carbocycles. The smallest absolute Gasteiger partial charge is 0.410 e. The predicted octanol–water partition coefficient (Wildman–Crippen LogP) is 2.79. The zero-order valence-corrected chi connectivity index (χ0v) is 12.6. The molecule has 0 saturated carbocycles. The number of ether oxygens (including phenoxy) is 1. The number of para-hydroxylation sites is 1. The van der Waals surface area contributed by atoms with Crippen LogP contribution in [0.5, 0.6) is 0 Å². The van der Waals surface area contributed by atoms with E-state index >= 15 is 0 Å². The fraction of sp³-hybridized carbons (Fsp3) is 0.286. The van der Waals surface area contributed by atoms with Crippen LogP contribution in [0.25, 0.3) is 0 Å². The van der Waals surface area contributed by atoms with E-state index in [0.717, 1.165) is 10.2 Å². The summed E-state index contributed by atoms with van der Waals surface area (Å²) >= 11 is 3.43. The number of nitrogens with one attached hydrogen (secondary N) is 1. The molecule has 0 bridgehead atoms. The summed E-state index contributed by atoms with van der Waals surface area (Å²) in [6.07, 6.45) is 1.05. The maximum absolute atomic E-state index is 11.7. The van der Waals surface area contributed by atoms with Crippen LogP contribution in [0.4, 0.5) is 10.5 Å². The van der Waals surface area contributed by atoms with E-state index in [1.54, 1.807) is 6.92 Å². The molecule has 1 aliphatic rings. The first-order valence-electron chi connectivity index (χ1n) is 6.27. The molecule has 6 heteroatoms. The lowest BCUT2D eigenvalue weighted by molar-refractivity contribution is -0.116. The van der Waals surface area contributed by atoms with E-state index in [-0.39, 0.29) is 12.3 Å². The fourth-order valence-corrected chi connectivity index (χ4v) is 2.27. The van der Waals surface area contributed by atoms with Crippen molar-refractivity contribution in [3.05, 3.63) is 40.5 Å². The number of rotatable bonds is 3. The maximum atomic E-state index is 11.7. The molecule has 106 valence electrons. The molecule has 0 saturated heterocycles. The molecule has 2 rings (SSSR count). The minimum atomic E-state index is -0.472. The fourth-order valence-electron chi connectivity index (χ4n) is 1.89. The summed E-state index contributed by atoms with van der Waals surface area (Å²) in [5, 5.41) is 3.15. The molecule has 1 aromatic rings. The third-order valence-electron chi connectivity index (χ3n) is 2.74.